The van der Waals surface area contributed by atoms with Crippen LogP contribution in [0.25, 0.3) is 0 Å². The van der Waals surface area contributed by atoms with Gasteiger partial charge in [0, 0.05) is 26.3 Å². The van der Waals surface area contributed by atoms with Gasteiger partial charge in [0.1, 0.15) is 11.5 Å². The van der Waals surface area contributed by atoms with Crippen molar-refractivity contribution in [2.24, 2.45) is 5.92 Å². The van der Waals surface area contributed by atoms with Crippen LogP contribution in [0.3, 0.4) is 0 Å². The lowest BCUT2D eigenvalue weighted by Crippen LogP contribution is -2.42. The number of likely N-dealkylation sites (tertiary alicyclic amines) is 1. The van der Waals surface area contributed by atoms with Crippen molar-refractivity contribution in [3.8, 4) is 11.5 Å². The Kier molecular flexibility index (Phi) is 8.35. The zero-order chi connectivity index (χ0) is 19.6. The molecule has 2 rings (SSSR count). The van der Waals surface area contributed by atoms with Crippen molar-refractivity contribution in [1.29, 1.82) is 0 Å². The van der Waals surface area contributed by atoms with E-state index >= 15 is 0 Å². The Morgan fingerprint density at radius 1 is 1.11 bits per heavy atom. The molecule has 8 nitrogen and oxygen atoms in total. The molecule has 1 aliphatic rings. The monoisotopic (exact) mass is 379 g/mol. The highest BCUT2D eigenvalue weighted by Gasteiger charge is 2.21. The largest absolute Gasteiger partial charge is 0.497 e. The van der Waals surface area contributed by atoms with Gasteiger partial charge in [0.25, 0.3) is 0 Å². The highest BCUT2D eigenvalue weighted by atomic mass is 16.5. The molecule has 1 fully saturated rings. The van der Waals surface area contributed by atoms with E-state index in [2.05, 4.69) is 15.5 Å². The second kappa shape index (κ2) is 10.7. The molecule has 27 heavy (non-hydrogen) atoms. The van der Waals surface area contributed by atoms with E-state index in [0.717, 1.165) is 39.1 Å². The molecule has 0 radical (unpaired) electrons. The normalized spacial score (nSPS) is 15.2. The van der Waals surface area contributed by atoms with Gasteiger partial charge < -0.3 is 29.7 Å². The summed E-state index contributed by atoms with van der Waals surface area (Å²) in [7, 11) is 4.74. The van der Waals surface area contributed by atoms with E-state index in [-0.39, 0.29) is 0 Å². The maximum Gasteiger partial charge on any atom is 0.313 e. The lowest BCUT2D eigenvalue weighted by atomic mass is 9.97. The number of amides is 2. The molecule has 1 heterocycles. The van der Waals surface area contributed by atoms with Crippen LogP contribution in [0, 0.1) is 5.92 Å². The summed E-state index contributed by atoms with van der Waals surface area (Å²) >= 11 is 0. The molecule has 0 atom stereocenters. The van der Waals surface area contributed by atoms with Gasteiger partial charge in [-0.15, -0.1) is 0 Å². The van der Waals surface area contributed by atoms with Gasteiger partial charge in [-0.25, -0.2) is 0 Å². The Morgan fingerprint density at radius 3 is 2.48 bits per heavy atom. The number of piperidine rings is 1. The van der Waals surface area contributed by atoms with Crippen LogP contribution in [-0.4, -0.2) is 70.8 Å². The molecule has 0 bridgehead atoms. The summed E-state index contributed by atoms with van der Waals surface area (Å²) in [4.78, 5) is 26.6. The standard InChI is InChI=1S/C19H29N3O5/c1-25-11-10-22-8-6-14(7-9-22)13-20-18(23)19(24)21-16-5-4-15(26-2)12-17(16)27-3/h4-5,12,14H,6-11,13H2,1-3H3,(H,20,23)(H,21,24). The summed E-state index contributed by atoms with van der Waals surface area (Å²) in [6.45, 7) is 4.14. The molecule has 1 saturated heterocycles. The van der Waals surface area contributed by atoms with E-state index < -0.39 is 11.8 Å². The Labute approximate surface area is 160 Å². The molecule has 1 aromatic carbocycles. The molecule has 8 heteroatoms. The molecule has 0 unspecified atom stereocenters. The summed E-state index contributed by atoms with van der Waals surface area (Å²) in [6.07, 6.45) is 2.00. The number of nitrogens with zero attached hydrogens (tertiary/aromatic N) is 1. The summed E-state index contributed by atoms with van der Waals surface area (Å²) in [5, 5.41) is 5.31. The molecule has 0 saturated carbocycles. The van der Waals surface area contributed by atoms with E-state index in [4.69, 9.17) is 14.2 Å². The minimum Gasteiger partial charge on any atom is -0.497 e. The first-order valence-electron chi connectivity index (χ1n) is 9.09. The number of carbonyl (C=O) groups is 2. The second-order valence-corrected chi connectivity index (χ2v) is 6.51. The number of carbonyl (C=O) groups excluding carboxylic acids is 2. The topological polar surface area (TPSA) is 89.1 Å². The van der Waals surface area contributed by atoms with Crippen LogP contribution in [0.4, 0.5) is 5.69 Å². The van der Waals surface area contributed by atoms with Crippen molar-refractivity contribution in [3.63, 3.8) is 0 Å². The van der Waals surface area contributed by atoms with Crippen LogP contribution in [0.15, 0.2) is 18.2 Å². The van der Waals surface area contributed by atoms with Gasteiger partial charge in [-0.3, -0.25) is 9.59 Å². The first-order chi connectivity index (χ1) is 13.1. The minimum absolute atomic E-state index is 0.385. The van der Waals surface area contributed by atoms with Gasteiger partial charge in [0.05, 0.1) is 26.5 Å². The van der Waals surface area contributed by atoms with Gasteiger partial charge in [-0.2, -0.15) is 0 Å². The van der Waals surface area contributed by atoms with Crippen molar-refractivity contribution in [2.75, 3.05) is 59.4 Å². The third kappa shape index (κ3) is 6.41. The van der Waals surface area contributed by atoms with Gasteiger partial charge in [0.15, 0.2) is 0 Å². The molecule has 2 amide bonds. The Hall–Kier alpha value is -2.32. The number of benzene rings is 1. The van der Waals surface area contributed by atoms with Gasteiger partial charge >= 0.3 is 11.8 Å². The Balaban J connectivity index is 1.77. The van der Waals surface area contributed by atoms with Crippen LogP contribution in [0.5, 0.6) is 11.5 Å². The number of rotatable bonds is 8. The summed E-state index contributed by atoms with van der Waals surface area (Å²) in [6, 6.07) is 4.97. The van der Waals surface area contributed by atoms with E-state index in [1.165, 1.54) is 7.11 Å². The van der Waals surface area contributed by atoms with Crippen LogP contribution in [0.1, 0.15) is 12.8 Å². The molecule has 150 valence electrons. The first-order valence-corrected chi connectivity index (χ1v) is 9.09. The summed E-state index contributed by atoms with van der Waals surface area (Å²) in [5.74, 6) is 0.0619. The van der Waals surface area contributed by atoms with Crippen molar-refractivity contribution < 1.29 is 23.8 Å². The van der Waals surface area contributed by atoms with Gasteiger partial charge in [-0.1, -0.05) is 0 Å². The molecule has 0 aromatic heterocycles. The van der Waals surface area contributed by atoms with Crippen LogP contribution in [0.2, 0.25) is 0 Å². The van der Waals surface area contributed by atoms with Crippen molar-refractivity contribution in [2.45, 2.75) is 12.8 Å². The number of methoxy groups -OCH3 is 3. The second-order valence-electron chi connectivity index (χ2n) is 6.51. The quantitative estimate of drug-likeness (QED) is 0.658. The first kappa shape index (κ1) is 21.0. The Bertz CT molecular complexity index is 630. The van der Waals surface area contributed by atoms with Crippen molar-refractivity contribution in [1.82, 2.24) is 10.2 Å². The van der Waals surface area contributed by atoms with Crippen molar-refractivity contribution in [3.05, 3.63) is 18.2 Å². The molecule has 1 aliphatic heterocycles. The molecule has 1 aromatic rings. The maximum atomic E-state index is 12.1. The lowest BCUT2D eigenvalue weighted by Gasteiger charge is -2.31. The smallest absolute Gasteiger partial charge is 0.313 e. The molecule has 0 spiro atoms. The third-order valence-electron chi connectivity index (χ3n) is 4.73. The SMILES string of the molecule is COCCN1CCC(CNC(=O)C(=O)Nc2ccc(OC)cc2OC)CC1. The number of ether oxygens (including phenoxy) is 3. The summed E-state index contributed by atoms with van der Waals surface area (Å²) < 4.78 is 15.4. The fraction of sp³-hybridized carbons (Fsp3) is 0.579. The van der Waals surface area contributed by atoms with Crippen LogP contribution >= 0.6 is 0 Å². The highest BCUT2D eigenvalue weighted by Crippen LogP contribution is 2.28. The molecule has 2 N–H and O–H groups in total. The zero-order valence-electron chi connectivity index (χ0n) is 16.2. The van der Waals surface area contributed by atoms with Crippen LogP contribution in [-0.2, 0) is 14.3 Å². The third-order valence-corrected chi connectivity index (χ3v) is 4.73. The fourth-order valence-electron chi connectivity index (χ4n) is 3.03. The lowest BCUT2D eigenvalue weighted by molar-refractivity contribution is -0.136. The zero-order valence-corrected chi connectivity index (χ0v) is 16.2. The Morgan fingerprint density at radius 2 is 1.85 bits per heavy atom. The molecular formula is C19H29N3O5. The van der Waals surface area contributed by atoms with Crippen LogP contribution < -0.4 is 20.1 Å². The maximum absolute atomic E-state index is 12.1. The predicted octanol–water partition coefficient (Wildman–Crippen LogP) is 1.12. The molecule has 0 aliphatic carbocycles. The highest BCUT2D eigenvalue weighted by molar-refractivity contribution is 6.39. The number of hydrogen-bond donors (Lipinski definition) is 2. The summed E-state index contributed by atoms with van der Waals surface area (Å²) in [5.41, 5.74) is 0.421. The average molecular weight is 379 g/mol. The fourth-order valence-corrected chi connectivity index (χ4v) is 3.03. The van der Waals surface area contributed by atoms with Gasteiger partial charge in [-0.05, 0) is 44.0 Å². The number of hydrogen-bond acceptors (Lipinski definition) is 6. The average Bonchev–Trinajstić information content (AvgIpc) is 2.71. The van der Waals surface area contributed by atoms with E-state index in [0.29, 0.717) is 29.6 Å². The van der Waals surface area contributed by atoms with E-state index in [9.17, 15) is 9.59 Å². The van der Waals surface area contributed by atoms with E-state index in [1.807, 2.05) is 0 Å². The van der Waals surface area contributed by atoms with Crippen molar-refractivity contribution >= 4 is 17.5 Å². The van der Waals surface area contributed by atoms with E-state index in [1.54, 1.807) is 32.4 Å². The van der Waals surface area contributed by atoms with Gasteiger partial charge in [0.2, 0.25) is 0 Å². The predicted molar refractivity (Wildman–Crippen MR) is 102 cm³/mol. The number of nitrogens with one attached hydrogen (secondary N) is 2. The molecular weight excluding hydrogens is 350 g/mol. The minimum atomic E-state index is -0.712. The number of anilines is 1.